The van der Waals surface area contributed by atoms with Gasteiger partial charge < -0.3 is 10.3 Å². The van der Waals surface area contributed by atoms with Gasteiger partial charge in [0.25, 0.3) is 0 Å². The van der Waals surface area contributed by atoms with Crippen LogP contribution in [-0.2, 0) is 6.54 Å². The van der Waals surface area contributed by atoms with E-state index in [1.807, 2.05) is 38.2 Å². The monoisotopic (exact) mass is 235 g/mol. The van der Waals surface area contributed by atoms with Crippen LogP contribution in [-0.4, -0.2) is 9.97 Å². The van der Waals surface area contributed by atoms with Crippen molar-refractivity contribution in [3.05, 3.63) is 46.5 Å². The van der Waals surface area contributed by atoms with E-state index in [9.17, 15) is 0 Å². The van der Waals surface area contributed by atoms with E-state index in [4.69, 9.17) is 11.6 Å². The number of imidazole rings is 1. The highest BCUT2D eigenvalue weighted by molar-refractivity contribution is 6.33. The lowest BCUT2D eigenvalue weighted by atomic mass is 10.2. The SMILES string of the molecule is Cc1ccc(Cl)c(NCc2cnc(C)[nH]2)c1. The molecule has 0 unspecified atom stereocenters. The van der Waals surface area contributed by atoms with E-state index in [1.54, 1.807) is 0 Å². The Bertz CT molecular complexity index is 491. The largest absolute Gasteiger partial charge is 0.378 e. The molecule has 0 bridgehead atoms. The van der Waals surface area contributed by atoms with Gasteiger partial charge in [0.05, 0.1) is 29.1 Å². The molecule has 1 aromatic carbocycles. The molecule has 2 N–H and O–H groups in total. The molecule has 2 aromatic rings. The summed E-state index contributed by atoms with van der Waals surface area (Å²) in [5, 5.41) is 4.02. The summed E-state index contributed by atoms with van der Waals surface area (Å²) in [4.78, 5) is 7.30. The van der Waals surface area contributed by atoms with Crippen LogP contribution < -0.4 is 5.32 Å². The minimum Gasteiger partial charge on any atom is -0.378 e. The van der Waals surface area contributed by atoms with Crippen LogP contribution in [0.15, 0.2) is 24.4 Å². The Hall–Kier alpha value is -1.48. The first-order valence-electron chi connectivity index (χ1n) is 5.15. The van der Waals surface area contributed by atoms with Crippen molar-refractivity contribution in [3.8, 4) is 0 Å². The lowest BCUT2D eigenvalue weighted by Crippen LogP contribution is -2.00. The van der Waals surface area contributed by atoms with Gasteiger partial charge >= 0.3 is 0 Å². The van der Waals surface area contributed by atoms with Crippen molar-refractivity contribution >= 4 is 17.3 Å². The molecular formula is C12H14ClN3. The number of anilines is 1. The highest BCUT2D eigenvalue weighted by atomic mass is 35.5. The quantitative estimate of drug-likeness (QED) is 0.857. The average Bonchev–Trinajstić information content (AvgIpc) is 2.66. The number of H-pyrrole nitrogens is 1. The number of aryl methyl sites for hydroxylation is 2. The van der Waals surface area contributed by atoms with Crippen molar-refractivity contribution in [1.82, 2.24) is 9.97 Å². The van der Waals surface area contributed by atoms with Gasteiger partial charge in [-0.3, -0.25) is 0 Å². The lowest BCUT2D eigenvalue weighted by molar-refractivity contribution is 1.05. The smallest absolute Gasteiger partial charge is 0.103 e. The van der Waals surface area contributed by atoms with Crippen molar-refractivity contribution in [3.63, 3.8) is 0 Å². The Morgan fingerprint density at radius 3 is 2.88 bits per heavy atom. The fourth-order valence-electron chi connectivity index (χ4n) is 1.53. The van der Waals surface area contributed by atoms with Gasteiger partial charge in [0.2, 0.25) is 0 Å². The highest BCUT2D eigenvalue weighted by Gasteiger charge is 2.01. The molecule has 0 atom stereocenters. The van der Waals surface area contributed by atoms with E-state index in [0.29, 0.717) is 6.54 Å². The summed E-state index contributed by atoms with van der Waals surface area (Å²) < 4.78 is 0. The molecule has 0 aliphatic carbocycles. The maximum absolute atomic E-state index is 6.08. The van der Waals surface area contributed by atoms with Gasteiger partial charge in [0, 0.05) is 0 Å². The molecule has 0 aliphatic heterocycles. The molecule has 3 nitrogen and oxygen atoms in total. The van der Waals surface area contributed by atoms with Gasteiger partial charge in [-0.25, -0.2) is 4.98 Å². The molecule has 84 valence electrons. The van der Waals surface area contributed by atoms with Crippen molar-refractivity contribution in [2.75, 3.05) is 5.32 Å². The van der Waals surface area contributed by atoms with Crippen LogP contribution in [0.3, 0.4) is 0 Å². The molecule has 0 amide bonds. The van der Waals surface area contributed by atoms with Gasteiger partial charge in [-0.05, 0) is 31.5 Å². The van der Waals surface area contributed by atoms with E-state index < -0.39 is 0 Å². The second-order valence-corrected chi connectivity index (χ2v) is 4.24. The molecule has 16 heavy (non-hydrogen) atoms. The van der Waals surface area contributed by atoms with Gasteiger partial charge in [-0.15, -0.1) is 0 Å². The fraction of sp³-hybridized carbons (Fsp3) is 0.250. The molecule has 0 saturated carbocycles. The maximum atomic E-state index is 6.08. The first kappa shape index (κ1) is 11.0. The molecule has 1 aromatic heterocycles. The number of nitrogens with one attached hydrogen (secondary N) is 2. The second-order valence-electron chi connectivity index (χ2n) is 3.83. The predicted octanol–water partition coefficient (Wildman–Crippen LogP) is 3.29. The molecule has 0 saturated heterocycles. The summed E-state index contributed by atoms with van der Waals surface area (Å²) >= 11 is 6.08. The number of hydrogen-bond donors (Lipinski definition) is 2. The third-order valence-corrected chi connectivity index (χ3v) is 2.68. The summed E-state index contributed by atoms with van der Waals surface area (Å²) in [5.41, 5.74) is 3.19. The summed E-state index contributed by atoms with van der Waals surface area (Å²) in [6.07, 6.45) is 1.83. The minimum absolute atomic E-state index is 0.698. The van der Waals surface area contributed by atoms with Crippen LogP contribution in [0.4, 0.5) is 5.69 Å². The summed E-state index contributed by atoms with van der Waals surface area (Å²) in [6.45, 7) is 4.68. The predicted molar refractivity (Wildman–Crippen MR) is 66.8 cm³/mol. The lowest BCUT2D eigenvalue weighted by Gasteiger charge is -2.07. The Labute approximate surface area is 99.9 Å². The summed E-state index contributed by atoms with van der Waals surface area (Å²) in [6, 6.07) is 5.93. The number of hydrogen-bond acceptors (Lipinski definition) is 2. The first-order chi connectivity index (χ1) is 7.65. The van der Waals surface area contributed by atoms with Gasteiger partial charge in [-0.2, -0.15) is 0 Å². The van der Waals surface area contributed by atoms with E-state index in [1.165, 1.54) is 5.56 Å². The summed E-state index contributed by atoms with van der Waals surface area (Å²) in [7, 11) is 0. The van der Waals surface area contributed by atoms with Crippen LogP contribution in [0, 0.1) is 13.8 Å². The minimum atomic E-state index is 0.698. The molecule has 0 spiro atoms. The van der Waals surface area contributed by atoms with E-state index >= 15 is 0 Å². The van der Waals surface area contributed by atoms with Crippen LogP contribution in [0.2, 0.25) is 5.02 Å². The highest BCUT2D eigenvalue weighted by Crippen LogP contribution is 2.23. The number of benzene rings is 1. The van der Waals surface area contributed by atoms with Crippen LogP contribution in [0.1, 0.15) is 17.1 Å². The van der Waals surface area contributed by atoms with E-state index in [-0.39, 0.29) is 0 Å². The van der Waals surface area contributed by atoms with Gasteiger partial charge in [-0.1, -0.05) is 17.7 Å². The number of nitrogens with zero attached hydrogens (tertiary/aromatic N) is 1. The molecule has 1 heterocycles. The first-order valence-corrected chi connectivity index (χ1v) is 5.53. The standard InChI is InChI=1S/C12H14ClN3/c1-8-3-4-11(13)12(5-8)15-7-10-6-14-9(2)16-10/h3-6,15H,7H2,1-2H3,(H,14,16). The zero-order valence-corrected chi connectivity index (χ0v) is 10.1. The Kier molecular flexibility index (Phi) is 3.15. The van der Waals surface area contributed by atoms with Crippen LogP contribution in [0.25, 0.3) is 0 Å². The Balaban J connectivity index is 2.07. The fourth-order valence-corrected chi connectivity index (χ4v) is 1.71. The molecule has 0 radical (unpaired) electrons. The van der Waals surface area contributed by atoms with Crippen molar-refractivity contribution in [2.45, 2.75) is 20.4 Å². The third-order valence-electron chi connectivity index (χ3n) is 2.35. The number of halogens is 1. The molecule has 0 fully saturated rings. The normalized spacial score (nSPS) is 10.4. The summed E-state index contributed by atoms with van der Waals surface area (Å²) in [5.74, 6) is 0.923. The molecule has 0 aliphatic rings. The number of aromatic amines is 1. The van der Waals surface area contributed by atoms with Crippen molar-refractivity contribution in [1.29, 1.82) is 0 Å². The molecular weight excluding hydrogens is 222 g/mol. The Morgan fingerprint density at radius 2 is 2.19 bits per heavy atom. The number of rotatable bonds is 3. The van der Waals surface area contributed by atoms with Crippen LogP contribution >= 0.6 is 11.6 Å². The molecule has 4 heteroatoms. The van der Waals surface area contributed by atoms with E-state index in [2.05, 4.69) is 15.3 Å². The van der Waals surface area contributed by atoms with Crippen LogP contribution in [0.5, 0.6) is 0 Å². The van der Waals surface area contributed by atoms with Gasteiger partial charge in [0.1, 0.15) is 5.82 Å². The topological polar surface area (TPSA) is 40.7 Å². The van der Waals surface area contributed by atoms with Crippen molar-refractivity contribution < 1.29 is 0 Å². The van der Waals surface area contributed by atoms with Crippen molar-refractivity contribution in [2.24, 2.45) is 0 Å². The second kappa shape index (κ2) is 4.58. The zero-order chi connectivity index (χ0) is 11.5. The zero-order valence-electron chi connectivity index (χ0n) is 9.34. The van der Waals surface area contributed by atoms with E-state index in [0.717, 1.165) is 22.2 Å². The average molecular weight is 236 g/mol. The number of aromatic nitrogens is 2. The third kappa shape index (κ3) is 2.55. The molecule has 2 rings (SSSR count). The Morgan fingerprint density at radius 1 is 1.38 bits per heavy atom. The van der Waals surface area contributed by atoms with Gasteiger partial charge in [0.15, 0.2) is 0 Å². The maximum Gasteiger partial charge on any atom is 0.103 e.